The first kappa shape index (κ1) is 15.2. The van der Waals surface area contributed by atoms with E-state index < -0.39 is 11.5 Å². The highest BCUT2D eigenvalue weighted by Gasteiger charge is 2.34. The van der Waals surface area contributed by atoms with Gasteiger partial charge in [-0.25, -0.2) is 4.79 Å². The van der Waals surface area contributed by atoms with Gasteiger partial charge in [0.25, 0.3) is 0 Å². The fourth-order valence-corrected chi connectivity index (χ4v) is 1.99. The van der Waals surface area contributed by atoms with Gasteiger partial charge in [0.15, 0.2) is 0 Å². The van der Waals surface area contributed by atoms with Crippen LogP contribution in [-0.4, -0.2) is 27.7 Å². The number of aliphatic carboxylic acids is 1. The Bertz CT molecular complexity index is 461. The second kappa shape index (κ2) is 5.86. The van der Waals surface area contributed by atoms with Gasteiger partial charge >= 0.3 is 5.97 Å². The van der Waals surface area contributed by atoms with Crippen LogP contribution in [0.2, 0.25) is 0 Å². The number of carbonyl (C=O) groups is 2. The highest BCUT2D eigenvalue weighted by molar-refractivity contribution is 5.87. The van der Waals surface area contributed by atoms with E-state index in [9.17, 15) is 14.7 Å². The largest absolute Gasteiger partial charge is 0.480 e. The Morgan fingerprint density at radius 2 is 2.05 bits per heavy atom. The fourth-order valence-electron chi connectivity index (χ4n) is 1.99. The highest BCUT2D eigenvalue weighted by atomic mass is 16.5. The molecule has 1 heterocycles. The first-order valence-electron chi connectivity index (χ1n) is 6.26. The molecule has 19 heavy (non-hydrogen) atoms. The summed E-state index contributed by atoms with van der Waals surface area (Å²) in [7, 11) is 0. The van der Waals surface area contributed by atoms with E-state index in [0.29, 0.717) is 29.9 Å². The molecule has 6 nitrogen and oxygen atoms in total. The zero-order chi connectivity index (χ0) is 14.6. The van der Waals surface area contributed by atoms with E-state index in [1.54, 1.807) is 13.8 Å². The van der Waals surface area contributed by atoms with E-state index in [1.807, 2.05) is 6.92 Å². The van der Waals surface area contributed by atoms with Crippen LogP contribution in [0.25, 0.3) is 0 Å². The van der Waals surface area contributed by atoms with Gasteiger partial charge in [0.1, 0.15) is 11.3 Å². The smallest absolute Gasteiger partial charge is 0.329 e. The quantitative estimate of drug-likeness (QED) is 0.817. The van der Waals surface area contributed by atoms with Crippen molar-refractivity contribution in [2.75, 3.05) is 0 Å². The Balaban J connectivity index is 2.77. The number of aryl methyl sites for hydroxylation is 2. The summed E-state index contributed by atoms with van der Waals surface area (Å²) in [6.07, 6.45) is 1.14. The molecule has 0 aliphatic heterocycles. The average Bonchev–Trinajstić information content (AvgIpc) is 2.60. The fraction of sp³-hybridized carbons (Fsp3) is 0.615. The molecule has 6 heteroatoms. The van der Waals surface area contributed by atoms with Crippen molar-refractivity contribution in [3.63, 3.8) is 0 Å². The normalized spacial score (nSPS) is 13.9. The van der Waals surface area contributed by atoms with E-state index in [0.717, 1.165) is 0 Å². The Labute approximate surface area is 112 Å². The lowest BCUT2D eigenvalue weighted by Crippen LogP contribution is -2.52. The summed E-state index contributed by atoms with van der Waals surface area (Å²) < 4.78 is 4.97. The van der Waals surface area contributed by atoms with Gasteiger partial charge in [-0.15, -0.1) is 0 Å². The average molecular weight is 268 g/mol. The Morgan fingerprint density at radius 1 is 1.42 bits per heavy atom. The van der Waals surface area contributed by atoms with Crippen molar-refractivity contribution in [2.45, 2.75) is 52.5 Å². The number of nitrogens with one attached hydrogen (secondary N) is 1. The van der Waals surface area contributed by atoms with Gasteiger partial charge in [0, 0.05) is 5.56 Å². The number of carboxylic acid groups (broad SMARTS) is 1. The highest BCUT2D eigenvalue weighted by Crippen LogP contribution is 2.16. The van der Waals surface area contributed by atoms with Crippen LogP contribution in [0, 0.1) is 13.8 Å². The van der Waals surface area contributed by atoms with E-state index in [-0.39, 0.29) is 12.3 Å². The molecule has 0 saturated heterocycles. The summed E-state index contributed by atoms with van der Waals surface area (Å²) in [4.78, 5) is 23.2. The van der Waals surface area contributed by atoms with E-state index in [2.05, 4.69) is 10.5 Å². The second-order valence-electron chi connectivity index (χ2n) is 4.91. The van der Waals surface area contributed by atoms with Gasteiger partial charge in [-0.05, 0) is 27.2 Å². The van der Waals surface area contributed by atoms with E-state index in [4.69, 9.17) is 4.52 Å². The van der Waals surface area contributed by atoms with Crippen LogP contribution < -0.4 is 5.32 Å². The third-order valence-corrected chi connectivity index (χ3v) is 3.16. The van der Waals surface area contributed by atoms with Crippen LogP contribution in [-0.2, 0) is 16.0 Å². The van der Waals surface area contributed by atoms with Gasteiger partial charge in [-0.3, -0.25) is 4.79 Å². The lowest BCUT2D eigenvalue weighted by molar-refractivity contribution is -0.147. The number of amides is 1. The lowest BCUT2D eigenvalue weighted by Gasteiger charge is -2.25. The first-order chi connectivity index (χ1) is 8.80. The van der Waals surface area contributed by atoms with E-state index in [1.165, 1.54) is 6.92 Å². The maximum Gasteiger partial charge on any atom is 0.329 e. The van der Waals surface area contributed by atoms with Crippen LogP contribution in [0.4, 0.5) is 0 Å². The van der Waals surface area contributed by atoms with Crippen molar-refractivity contribution in [3.8, 4) is 0 Å². The van der Waals surface area contributed by atoms with Crippen molar-refractivity contribution < 1.29 is 19.2 Å². The minimum absolute atomic E-state index is 0.0771. The number of carbonyl (C=O) groups excluding carboxylic acids is 1. The number of hydrogen-bond acceptors (Lipinski definition) is 4. The predicted molar refractivity (Wildman–Crippen MR) is 68.8 cm³/mol. The maximum atomic E-state index is 12.0. The summed E-state index contributed by atoms with van der Waals surface area (Å²) in [6, 6.07) is 0. The molecule has 1 aromatic rings. The molecule has 1 rings (SSSR count). The van der Waals surface area contributed by atoms with E-state index >= 15 is 0 Å². The molecule has 0 saturated carbocycles. The Morgan fingerprint density at radius 3 is 2.47 bits per heavy atom. The maximum absolute atomic E-state index is 12.0. The Hall–Kier alpha value is -1.85. The van der Waals surface area contributed by atoms with Crippen LogP contribution in [0.15, 0.2) is 4.52 Å². The molecule has 2 N–H and O–H groups in total. The summed E-state index contributed by atoms with van der Waals surface area (Å²) in [6.45, 7) is 6.87. The van der Waals surface area contributed by atoms with Gasteiger partial charge in [-0.1, -0.05) is 18.5 Å². The summed E-state index contributed by atoms with van der Waals surface area (Å²) in [5.74, 6) is -0.783. The summed E-state index contributed by atoms with van der Waals surface area (Å²) in [5.41, 5.74) is 0.132. The molecule has 0 fully saturated rings. The third kappa shape index (κ3) is 3.56. The van der Waals surface area contributed by atoms with Gasteiger partial charge < -0.3 is 14.9 Å². The van der Waals surface area contributed by atoms with Gasteiger partial charge in [-0.2, -0.15) is 0 Å². The second-order valence-corrected chi connectivity index (χ2v) is 4.91. The number of nitrogens with zero attached hydrogens (tertiary/aromatic N) is 1. The van der Waals surface area contributed by atoms with Crippen LogP contribution in [0.3, 0.4) is 0 Å². The molecule has 1 atom stereocenters. The van der Waals surface area contributed by atoms with Crippen LogP contribution in [0.5, 0.6) is 0 Å². The molecule has 106 valence electrons. The topological polar surface area (TPSA) is 92.4 Å². The minimum Gasteiger partial charge on any atom is -0.480 e. The van der Waals surface area contributed by atoms with Crippen molar-refractivity contribution in [2.24, 2.45) is 0 Å². The first-order valence-corrected chi connectivity index (χ1v) is 6.26. The molecular weight excluding hydrogens is 248 g/mol. The number of hydrogen-bond donors (Lipinski definition) is 2. The van der Waals surface area contributed by atoms with Crippen LogP contribution >= 0.6 is 0 Å². The minimum atomic E-state index is -1.23. The van der Waals surface area contributed by atoms with Crippen LogP contribution in [0.1, 0.15) is 43.7 Å². The van der Waals surface area contributed by atoms with Gasteiger partial charge in [0.05, 0.1) is 12.1 Å². The zero-order valence-electron chi connectivity index (χ0n) is 11.7. The molecule has 0 aromatic carbocycles. The molecule has 0 spiro atoms. The molecule has 0 radical (unpaired) electrons. The molecule has 1 unspecified atom stereocenters. The third-order valence-electron chi connectivity index (χ3n) is 3.16. The molecule has 0 aliphatic carbocycles. The Kier molecular flexibility index (Phi) is 4.69. The van der Waals surface area contributed by atoms with Gasteiger partial charge in [0.2, 0.25) is 5.91 Å². The number of aromatic nitrogens is 1. The van der Waals surface area contributed by atoms with Crippen molar-refractivity contribution in [1.29, 1.82) is 0 Å². The monoisotopic (exact) mass is 268 g/mol. The lowest BCUT2D eigenvalue weighted by atomic mass is 9.95. The predicted octanol–water partition coefficient (Wildman–Crippen LogP) is 1.59. The van der Waals surface area contributed by atoms with Crippen molar-refractivity contribution >= 4 is 11.9 Å². The number of carboxylic acids is 1. The van der Waals surface area contributed by atoms with Crippen molar-refractivity contribution in [3.05, 3.63) is 17.0 Å². The molecule has 0 aliphatic rings. The SMILES string of the molecule is CCCC(C)(NC(=O)Cc1c(C)noc1C)C(=O)O. The molecule has 1 amide bonds. The summed E-state index contributed by atoms with van der Waals surface area (Å²) in [5, 5.41) is 15.5. The van der Waals surface area contributed by atoms with Crippen molar-refractivity contribution in [1.82, 2.24) is 10.5 Å². The molecule has 0 bridgehead atoms. The molecular formula is C13H20N2O4. The molecule has 1 aromatic heterocycles. The number of rotatable bonds is 6. The standard InChI is InChI=1S/C13H20N2O4/c1-5-6-13(4,12(17)18)14-11(16)7-10-8(2)15-19-9(10)3/h5-7H2,1-4H3,(H,14,16)(H,17,18). The summed E-state index contributed by atoms with van der Waals surface area (Å²) >= 11 is 0. The zero-order valence-corrected chi connectivity index (χ0v) is 11.7.